The van der Waals surface area contributed by atoms with E-state index in [-0.39, 0.29) is 31.4 Å². The van der Waals surface area contributed by atoms with Gasteiger partial charge in [-0.2, -0.15) is 0 Å². The zero-order valence-corrected chi connectivity index (χ0v) is 24.0. The van der Waals surface area contributed by atoms with E-state index in [2.05, 4.69) is 15.1 Å². The van der Waals surface area contributed by atoms with Crippen LogP contribution < -0.4 is 14.4 Å². The first kappa shape index (κ1) is 28.4. The van der Waals surface area contributed by atoms with Crippen LogP contribution in [0.25, 0.3) is 11.3 Å². The molecule has 43 heavy (non-hydrogen) atoms. The number of carbonyl (C=O) groups is 2. The van der Waals surface area contributed by atoms with Crippen molar-refractivity contribution in [2.45, 2.75) is 13.0 Å². The van der Waals surface area contributed by atoms with Gasteiger partial charge >= 0.3 is 0 Å². The third-order valence-corrected chi connectivity index (χ3v) is 7.80. The minimum Gasteiger partial charge on any atom is -0.454 e. The molecule has 11 heteroatoms. The van der Waals surface area contributed by atoms with E-state index < -0.39 is 11.7 Å². The van der Waals surface area contributed by atoms with Crippen LogP contribution in [0.5, 0.6) is 11.5 Å². The van der Waals surface area contributed by atoms with E-state index in [0.29, 0.717) is 48.4 Å². The van der Waals surface area contributed by atoms with Gasteiger partial charge in [0.15, 0.2) is 17.3 Å². The molecule has 3 aromatic carbocycles. The number of amides is 2. The summed E-state index contributed by atoms with van der Waals surface area (Å²) in [7, 11) is 0. The molecule has 6 rings (SSSR count). The van der Waals surface area contributed by atoms with Crippen LogP contribution in [0.15, 0.2) is 78.9 Å². The molecule has 0 bridgehead atoms. The number of aromatic nitrogens is 2. The summed E-state index contributed by atoms with van der Waals surface area (Å²) in [6, 6.07) is 22.2. The quantitative estimate of drug-likeness (QED) is 0.293. The normalized spacial score (nSPS) is 14.4. The molecule has 2 amide bonds. The van der Waals surface area contributed by atoms with Gasteiger partial charge in [-0.25, -0.2) is 4.39 Å². The first-order valence-electron chi connectivity index (χ1n) is 14.0. The van der Waals surface area contributed by atoms with Crippen LogP contribution in [0, 0.1) is 5.82 Å². The molecule has 1 aromatic heterocycles. The lowest BCUT2D eigenvalue weighted by molar-refractivity contribution is -0.131. The number of hydrogen-bond donors (Lipinski definition) is 0. The highest BCUT2D eigenvalue weighted by molar-refractivity contribution is 6.33. The molecule has 220 valence electrons. The van der Waals surface area contributed by atoms with Crippen molar-refractivity contribution in [3.63, 3.8) is 0 Å². The number of anilines is 1. The molecule has 0 spiro atoms. The second-order valence-corrected chi connectivity index (χ2v) is 10.7. The molecular formula is C32H29ClFN5O4. The van der Waals surface area contributed by atoms with Gasteiger partial charge in [0.05, 0.1) is 10.7 Å². The highest BCUT2D eigenvalue weighted by Crippen LogP contribution is 2.33. The Bertz CT molecular complexity index is 1640. The lowest BCUT2D eigenvalue weighted by Crippen LogP contribution is -2.44. The first-order valence-corrected chi connectivity index (χ1v) is 14.4. The fourth-order valence-corrected chi connectivity index (χ4v) is 5.46. The summed E-state index contributed by atoms with van der Waals surface area (Å²) in [5.41, 5.74) is 2.44. The van der Waals surface area contributed by atoms with E-state index in [1.54, 1.807) is 23.1 Å². The number of halogens is 2. The van der Waals surface area contributed by atoms with Gasteiger partial charge in [-0.3, -0.25) is 9.59 Å². The van der Waals surface area contributed by atoms with Gasteiger partial charge in [-0.1, -0.05) is 41.9 Å². The smallest absolute Gasteiger partial charge is 0.254 e. The number of hydrogen-bond acceptors (Lipinski definition) is 7. The van der Waals surface area contributed by atoms with Crippen LogP contribution >= 0.6 is 11.6 Å². The Kier molecular flexibility index (Phi) is 8.37. The predicted octanol–water partition coefficient (Wildman–Crippen LogP) is 5.05. The van der Waals surface area contributed by atoms with Crippen molar-refractivity contribution >= 4 is 29.2 Å². The molecule has 1 saturated heterocycles. The van der Waals surface area contributed by atoms with E-state index in [4.69, 9.17) is 21.1 Å². The number of benzene rings is 3. The van der Waals surface area contributed by atoms with Gasteiger partial charge in [0.2, 0.25) is 12.7 Å². The highest BCUT2D eigenvalue weighted by Gasteiger charge is 2.26. The monoisotopic (exact) mass is 601 g/mol. The molecule has 0 saturated carbocycles. The van der Waals surface area contributed by atoms with Gasteiger partial charge < -0.3 is 24.2 Å². The van der Waals surface area contributed by atoms with Gasteiger partial charge in [0.25, 0.3) is 5.91 Å². The summed E-state index contributed by atoms with van der Waals surface area (Å²) in [6.07, 6.45) is 0.722. The molecule has 1 fully saturated rings. The van der Waals surface area contributed by atoms with E-state index in [9.17, 15) is 14.0 Å². The highest BCUT2D eigenvalue weighted by atomic mass is 35.5. The van der Waals surface area contributed by atoms with Gasteiger partial charge in [-0.15, -0.1) is 10.2 Å². The number of nitrogens with zero attached hydrogens (tertiary/aromatic N) is 5. The molecule has 0 atom stereocenters. The van der Waals surface area contributed by atoms with Gasteiger partial charge in [-0.05, 0) is 60.5 Å². The van der Waals surface area contributed by atoms with Crippen LogP contribution in [0.4, 0.5) is 10.2 Å². The molecule has 2 aliphatic rings. The van der Waals surface area contributed by atoms with Gasteiger partial charge in [0, 0.05) is 43.9 Å². The summed E-state index contributed by atoms with van der Waals surface area (Å²) in [6.45, 7) is 2.37. The van der Waals surface area contributed by atoms with E-state index in [1.165, 1.54) is 23.1 Å². The van der Waals surface area contributed by atoms with Crippen molar-refractivity contribution in [1.29, 1.82) is 0 Å². The van der Waals surface area contributed by atoms with Crippen LogP contribution in [0.3, 0.4) is 0 Å². The number of carbonyl (C=O) groups excluding carboxylic acids is 2. The molecular weight excluding hydrogens is 573 g/mol. The summed E-state index contributed by atoms with van der Waals surface area (Å²) >= 11 is 6.31. The predicted molar refractivity (Wildman–Crippen MR) is 160 cm³/mol. The molecule has 0 aliphatic carbocycles. The third kappa shape index (κ3) is 6.54. The van der Waals surface area contributed by atoms with E-state index >= 15 is 0 Å². The number of rotatable bonds is 7. The van der Waals surface area contributed by atoms with Crippen molar-refractivity contribution in [2.75, 3.05) is 44.4 Å². The zero-order valence-electron chi connectivity index (χ0n) is 23.3. The number of ether oxygens (including phenoxy) is 2. The van der Waals surface area contributed by atoms with Crippen molar-refractivity contribution in [3.8, 4) is 22.8 Å². The summed E-state index contributed by atoms with van der Waals surface area (Å²) in [4.78, 5) is 32.4. The average Bonchev–Trinajstić information content (AvgIpc) is 3.35. The molecule has 3 heterocycles. The minimum absolute atomic E-state index is 0.131. The standard InChI is InChI=1S/C32H29ClFN5O4/c33-26-8-2-1-7-25(26)27-10-12-30(36-35-27)37-13-4-14-38(16-15-37)31(40)20-39(32(41)23-5-3-6-24(34)18-23)19-22-9-11-28-29(17-22)43-21-42-28/h1-3,5-12,17-18H,4,13-16,19-21H2. The number of fused-ring (bicyclic) bond motifs is 1. The molecule has 0 unspecified atom stereocenters. The molecule has 9 nitrogen and oxygen atoms in total. The molecule has 2 aliphatic heterocycles. The largest absolute Gasteiger partial charge is 0.454 e. The van der Waals surface area contributed by atoms with Crippen LogP contribution in [-0.2, 0) is 11.3 Å². The third-order valence-electron chi connectivity index (χ3n) is 7.47. The molecule has 0 N–H and O–H groups in total. The Morgan fingerprint density at radius 1 is 0.884 bits per heavy atom. The SMILES string of the molecule is O=C(CN(Cc1ccc2c(c1)OCO2)C(=O)c1cccc(F)c1)N1CCCN(c2ccc(-c3ccccc3Cl)nn2)CC1. The van der Waals surface area contributed by atoms with Crippen molar-refractivity contribution in [1.82, 2.24) is 20.0 Å². The van der Waals surface area contributed by atoms with Crippen molar-refractivity contribution < 1.29 is 23.5 Å². The van der Waals surface area contributed by atoms with Crippen LogP contribution in [0.2, 0.25) is 5.02 Å². The molecule has 0 radical (unpaired) electrons. The summed E-state index contributed by atoms with van der Waals surface area (Å²) in [5.74, 6) is 0.785. The lowest BCUT2D eigenvalue weighted by Gasteiger charge is -2.27. The van der Waals surface area contributed by atoms with E-state index in [1.807, 2.05) is 42.5 Å². The second-order valence-electron chi connectivity index (χ2n) is 10.3. The topological polar surface area (TPSA) is 88.1 Å². The second kappa shape index (κ2) is 12.7. The maximum atomic E-state index is 14.0. The Balaban J connectivity index is 1.14. The fraction of sp³-hybridized carbons (Fsp3) is 0.250. The maximum absolute atomic E-state index is 14.0. The summed E-state index contributed by atoms with van der Waals surface area (Å²) < 4.78 is 24.8. The Hall–Kier alpha value is -4.70. The van der Waals surface area contributed by atoms with Crippen molar-refractivity contribution in [3.05, 3.63) is 101 Å². The first-order chi connectivity index (χ1) is 20.9. The zero-order chi connectivity index (χ0) is 29.8. The van der Waals surface area contributed by atoms with Gasteiger partial charge in [0.1, 0.15) is 12.4 Å². The lowest BCUT2D eigenvalue weighted by atomic mass is 10.1. The van der Waals surface area contributed by atoms with Crippen molar-refractivity contribution in [2.24, 2.45) is 0 Å². The average molecular weight is 602 g/mol. The Morgan fingerprint density at radius 2 is 1.74 bits per heavy atom. The van der Waals surface area contributed by atoms with E-state index in [0.717, 1.165) is 23.4 Å². The Labute approximate surface area is 253 Å². The summed E-state index contributed by atoms with van der Waals surface area (Å²) in [5, 5.41) is 9.42. The van der Waals surface area contributed by atoms with Crippen LogP contribution in [-0.4, -0.2) is 71.3 Å². The minimum atomic E-state index is -0.518. The molecule has 4 aromatic rings. The fourth-order valence-electron chi connectivity index (χ4n) is 5.23. The maximum Gasteiger partial charge on any atom is 0.254 e. The Morgan fingerprint density at radius 3 is 2.56 bits per heavy atom. The van der Waals surface area contributed by atoms with Crippen LogP contribution in [0.1, 0.15) is 22.3 Å².